The fraction of sp³-hybridized carbons (Fsp3) is 0.429. The van der Waals surface area contributed by atoms with E-state index in [9.17, 15) is 4.79 Å². The van der Waals surface area contributed by atoms with Crippen molar-refractivity contribution >= 4 is 5.91 Å². The standard InChI is InChI=1S/C21H25N3O2/c25-21(15-4-2-1-3-5-15)24-8-6-16-11-20(16)17-10-19(13-22-12-17)26-14-18-7-9-23-18/h1-5,10,12-13,16,18,20,23H,6-9,11,14H2,(H,24,25). The van der Waals surface area contributed by atoms with Crippen LogP contribution in [0.15, 0.2) is 48.8 Å². The molecule has 5 nitrogen and oxygen atoms in total. The number of carbonyl (C=O) groups excluding carboxylic acids is 1. The minimum absolute atomic E-state index is 0.00414. The molecule has 1 aliphatic carbocycles. The summed E-state index contributed by atoms with van der Waals surface area (Å²) in [7, 11) is 0. The number of hydrogen-bond acceptors (Lipinski definition) is 4. The molecular weight excluding hydrogens is 326 g/mol. The summed E-state index contributed by atoms with van der Waals surface area (Å²) in [6, 6.07) is 12.0. The van der Waals surface area contributed by atoms with Crippen LogP contribution in [0.3, 0.4) is 0 Å². The van der Waals surface area contributed by atoms with E-state index in [0.717, 1.165) is 30.7 Å². The molecule has 2 heterocycles. The number of rotatable bonds is 8. The summed E-state index contributed by atoms with van der Waals surface area (Å²) in [5.41, 5.74) is 1.97. The van der Waals surface area contributed by atoms with E-state index >= 15 is 0 Å². The number of carbonyl (C=O) groups is 1. The third kappa shape index (κ3) is 4.22. The summed E-state index contributed by atoms with van der Waals surface area (Å²) in [5, 5.41) is 6.35. The lowest BCUT2D eigenvalue weighted by Gasteiger charge is -2.27. The summed E-state index contributed by atoms with van der Waals surface area (Å²) in [6.07, 6.45) is 7.09. The van der Waals surface area contributed by atoms with Crippen LogP contribution in [0.5, 0.6) is 5.75 Å². The minimum Gasteiger partial charge on any atom is -0.490 e. The highest BCUT2D eigenvalue weighted by atomic mass is 16.5. The Morgan fingerprint density at radius 3 is 2.88 bits per heavy atom. The maximum Gasteiger partial charge on any atom is 0.251 e. The second kappa shape index (κ2) is 7.87. The molecule has 1 aromatic carbocycles. The van der Waals surface area contributed by atoms with Crippen molar-refractivity contribution in [2.24, 2.45) is 5.92 Å². The van der Waals surface area contributed by atoms with Crippen LogP contribution in [0.4, 0.5) is 0 Å². The van der Waals surface area contributed by atoms with Gasteiger partial charge in [0.15, 0.2) is 0 Å². The molecule has 2 fully saturated rings. The predicted molar refractivity (Wildman–Crippen MR) is 100 cm³/mol. The van der Waals surface area contributed by atoms with E-state index in [-0.39, 0.29) is 5.91 Å². The quantitative estimate of drug-likeness (QED) is 0.768. The molecule has 1 saturated carbocycles. The normalized spacial score (nSPS) is 23.8. The van der Waals surface area contributed by atoms with Crippen molar-refractivity contribution in [1.82, 2.24) is 15.6 Å². The van der Waals surface area contributed by atoms with Gasteiger partial charge in [-0.25, -0.2) is 0 Å². The first kappa shape index (κ1) is 17.0. The van der Waals surface area contributed by atoms with Gasteiger partial charge in [0.1, 0.15) is 12.4 Å². The molecule has 136 valence electrons. The Hall–Kier alpha value is -2.40. The monoisotopic (exact) mass is 351 g/mol. The first-order valence-electron chi connectivity index (χ1n) is 9.44. The number of aromatic nitrogens is 1. The predicted octanol–water partition coefficient (Wildman–Crippen LogP) is 2.75. The van der Waals surface area contributed by atoms with Crippen molar-refractivity contribution in [2.75, 3.05) is 19.7 Å². The fourth-order valence-corrected chi connectivity index (χ4v) is 3.44. The highest BCUT2D eigenvalue weighted by Crippen LogP contribution is 2.49. The molecule has 4 rings (SSSR count). The van der Waals surface area contributed by atoms with Crippen LogP contribution in [-0.2, 0) is 0 Å². The molecule has 0 radical (unpaired) electrons. The van der Waals surface area contributed by atoms with Crippen LogP contribution < -0.4 is 15.4 Å². The summed E-state index contributed by atoms with van der Waals surface area (Å²) >= 11 is 0. The molecule has 2 aromatic rings. The zero-order valence-electron chi connectivity index (χ0n) is 14.9. The Morgan fingerprint density at radius 1 is 1.27 bits per heavy atom. The van der Waals surface area contributed by atoms with E-state index < -0.39 is 0 Å². The van der Waals surface area contributed by atoms with E-state index in [2.05, 4.69) is 21.7 Å². The van der Waals surface area contributed by atoms with Crippen LogP contribution in [0.25, 0.3) is 0 Å². The molecule has 2 aliphatic rings. The second-order valence-electron chi connectivity index (χ2n) is 7.22. The van der Waals surface area contributed by atoms with Gasteiger partial charge in [-0.15, -0.1) is 0 Å². The number of ether oxygens (including phenoxy) is 1. The molecule has 0 bridgehead atoms. The van der Waals surface area contributed by atoms with Gasteiger partial charge in [0, 0.05) is 24.3 Å². The minimum atomic E-state index is 0.00414. The first-order valence-corrected chi connectivity index (χ1v) is 9.44. The van der Waals surface area contributed by atoms with Crippen molar-refractivity contribution in [2.45, 2.75) is 31.2 Å². The number of amides is 1. The summed E-state index contributed by atoms with van der Waals surface area (Å²) in [6.45, 7) is 2.52. The van der Waals surface area contributed by atoms with Crippen molar-refractivity contribution in [1.29, 1.82) is 0 Å². The van der Waals surface area contributed by atoms with Gasteiger partial charge in [-0.05, 0) is 61.4 Å². The van der Waals surface area contributed by atoms with Crippen molar-refractivity contribution in [3.05, 3.63) is 59.9 Å². The number of pyridine rings is 1. The molecule has 3 atom stereocenters. The first-order chi connectivity index (χ1) is 12.8. The zero-order chi connectivity index (χ0) is 17.8. The number of hydrogen-bond donors (Lipinski definition) is 2. The second-order valence-corrected chi connectivity index (χ2v) is 7.22. The Kier molecular flexibility index (Phi) is 5.16. The smallest absolute Gasteiger partial charge is 0.251 e. The number of nitrogens with zero attached hydrogens (tertiary/aromatic N) is 1. The molecular formula is C21H25N3O2. The Balaban J connectivity index is 1.21. The van der Waals surface area contributed by atoms with E-state index in [0.29, 0.717) is 31.0 Å². The maximum absolute atomic E-state index is 12.1. The lowest BCUT2D eigenvalue weighted by molar-refractivity contribution is 0.0952. The van der Waals surface area contributed by atoms with Gasteiger partial charge in [0.05, 0.1) is 6.20 Å². The van der Waals surface area contributed by atoms with Crippen LogP contribution in [0, 0.1) is 5.92 Å². The van der Waals surface area contributed by atoms with E-state index in [4.69, 9.17) is 4.74 Å². The van der Waals surface area contributed by atoms with Gasteiger partial charge in [0.25, 0.3) is 5.91 Å². The average Bonchev–Trinajstić information content (AvgIpc) is 3.41. The summed E-state index contributed by atoms with van der Waals surface area (Å²) < 4.78 is 5.84. The van der Waals surface area contributed by atoms with E-state index in [1.807, 2.05) is 36.5 Å². The summed E-state index contributed by atoms with van der Waals surface area (Å²) in [4.78, 5) is 16.4. The molecule has 2 N–H and O–H groups in total. The topological polar surface area (TPSA) is 63.2 Å². The van der Waals surface area contributed by atoms with Gasteiger partial charge < -0.3 is 15.4 Å². The molecule has 5 heteroatoms. The number of benzene rings is 1. The lowest BCUT2D eigenvalue weighted by Crippen LogP contribution is -2.46. The SMILES string of the molecule is O=C(NCCC1CC1c1cncc(OCC2CCN2)c1)c1ccccc1. The molecule has 1 saturated heterocycles. The Morgan fingerprint density at radius 2 is 2.12 bits per heavy atom. The molecule has 1 amide bonds. The molecule has 0 spiro atoms. The van der Waals surface area contributed by atoms with Gasteiger partial charge >= 0.3 is 0 Å². The van der Waals surface area contributed by atoms with E-state index in [1.165, 1.54) is 12.0 Å². The van der Waals surface area contributed by atoms with Crippen LogP contribution in [0.2, 0.25) is 0 Å². The van der Waals surface area contributed by atoms with Crippen molar-refractivity contribution in [3.63, 3.8) is 0 Å². The van der Waals surface area contributed by atoms with Crippen molar-refractivity contribution < 1.29 is 9.53 Å². The van der Waals surface area contributed by atoms with Gasteiger partial charge in [-0.1, -0.05) is 18.2 Å². The maximum atomic E-state index is 12.1. The molecule has 1 aromatic heterocycles. The molecule has 26 heavy (non-hydrogen) atoms. The third-order valence-corrected chi connectivity index (χ3v) is 5.30. The Labute approximate surface area is 154 Å². The fourth-order valence-electron chi connectivity index (χ4n) is 3.44. The highest BCUT2D eigenvalue weighted by molar-refractivity contribution is 5.94. The van der Waals surface area contributed by atoms with E-state index in [1.54, 1.807) is 6.20 Å². The third-order valence-electron chi connectivity index (χ3n) is 5.30. The lowest BCUT2D eigenvalue weighted by atomic mass is 10.1. The van der Waals surface area contributed by atoms with Crippen molar-refractivity contribution in [3.8, 4) is 5.75 Å². The van der Waals surface area contributed by atoms with Crippen LogP contribution >= 0.6 is 0 Å². The summed E-state index contributed by atoms with van der Waals surface area (Å²) in [5.74, 6) is 2.03. The van der Waals surface area contributed by atoms with Crippen LogP contribution in [0.1, 0.15) is 41.1 Å². The molecule has 3 unspecified atom stereocenters. The Bertz CT molecular complexity index is 746. The average molecular weight is 351 g/mol. The number of nitrogens with one attached hydrogen (secondary N) is 2. The van der Waals surface area contributed by atoms with Crippen LogP contribution in [-0.4, -0.2) is 36.6 Å². The zero-order valence-corrected chi connectivity index (χ0v) is 14.9. The van der Waals surface area contributed by atoms with Gasteiger partial charge in [-0.3, -0.25) is 9.78 Å². The van der Waals surface area contributed by atoms with Gasteiger partial charge in [-0.2, -0.15) is 0 Å². The molecule has 1 aliphatic heterocycles. The highest BCUT2D eigenvalue weighted by Gasteiger charge is 2.38. The largest absolute Gasteiger partial charge is 0.490 e. The van der Waals surface area contributed by atoms with Gasteiger partial charge in [0.2, 0.25) is 0 Å².